The minimum Gasteiger partial charge on any atom is -0.316 e. The monoisotopic (exact) mass is 495 g/mol. The number of sulfone groups is 1. The van der Waals surface area contributed by atoms with Gasteiger partial charge in [0.15, 0.2) is 5.84 Å². The first kappa shape index (κ1) is 21.8. The lowest BCUT2D eigenvalue weighted by molar-refractivity contribution is -0.114. The van der Waals surface area contributed by atoms with Crippen molar-refractivity contribution in [3.63, 3.8) is 0 Å². The van der Waals surface area contributed by atoms with Crippen LogP contribution < -0.4 is 0 Å². The summed E-state index contributed by atoms with van der Waals surface area (Å²) in [5.74, 6) is -0.876. The number of benzene rings is 1. The summed E-state index contributed by atoms with van der Waals surface area (Å²) >= 11 is 13.1. The van der Waals surface area contributed by atoms with Gasteiger partial charge in [-0.1, -0.05) is 23.2 Å². The number of aromatic nitrogens is 1. The minimum absolute atomic E-state index is 0.00491. The maximum atomic E-state index is 12.6. The molecule has 1 aromatic heterocycles. The highest BCUT2D eigenvalue weighted by Gasteiger charge is 2.38. The SMILES string of the molecule is Cc1cc(/C=C2/C(=N)N3N=C(S(C)(=O)=O)SC3=NC2=O)c(C)n1-c1ccc(Cl)cc1Cl. The van der Waals surface area contributed by atoms with E-state index < -0.39 is 15.7 Å². The zero-order valence-electron chi connectivity index (χ0n) is 16.5. The second-order valence-corrected chi connectivity index (χ2v) is 10.9. The molecule has 0 spiro atoms. The van der Waals surface area contributed by atoms with Crippen molar-refractivity contribution in [1.82, 2.24) is 9.58 Å². The van der Waals surface area contributed by atoms with Crippen LogP contribution in [0.25, 0.3) is 11.8 Å². The second kappa shape index (κ2) is 7.63. The lowest BCUT2D eigenvalue weighted by atomic mass is 10.1. The van der Waals surface area contributed by atoms with Gasteiger partial charge in [-0.25, -0.2) is 8.42 Å². The van der Waals surface area contributed by atoms with E-state index in [1.54, 1.807) is 24.3 Å². The maximum absolute atomic E-state index is 12.6. The molecule has 0 saturated heterocycles. The molecule has 31 heavy (non-hydrogen) atoms. The lowest BCUT2D eigenvalue weighted by Gasteiger charge is -2.20. The Labute approximate surface area is 192 Å². The average Bonchev–Trinajstić information content (AvgIpc) is 3.21. The molecule has 0 bridgehead atoms. The molecule has 2 aliphatic heterocycles. The van der Waals surface area contributed by atoms with E-state index in [1.807, 2.05) is 24.5 Å². The van der Waals surface area contributed by atoms with Crippen LogP contribution in [0, 0.1) is 19.3 Å². The summed E-state index contributed by atoms with van der Waals surface area (Å²) < 4.78 is 25.3. The first-order valence-electron chi connectivity index (χ1n) is 8.82. The molecular weight excluding hydrogens is 481 g/mol. The summed E-state index contributed by atoms with van der Waals surface area (Å²) in [4.78, 5) is 16.5. The Morgan fingerprint density at radius 3 is 2.55 bits per heavy atom. The van der Waals surface area contributed by atoms with E-state index in [0.717, 1.165) is 40.1 Å². The lowest BCUT2D eigenvalue weighted by Crippen LogP contribution is -2.35. The Hall–Kier alpha value is -2.40. The Morgan fingerprint density at radius 2 is 1.90 bits per heavy atom. The Morgan fingerprint density at radius 1 is 1.19 bits per heavy atom. The van der Waals surface area contributed by atoms with Crippen molar-refractivity contribution in [2.75, 3.05) is 6.26 Å². The van der Waals surface area contributed by atoms with Gasteiger partial charge in [0, 0.05) is 22.7 Å². The van der Waals surface area contributed by atoms with Crippen LogP contribution in [-0.4, -0.2) is 45.5 Å². The first-order valence-corrected chi connectivity index (χ1v) is 12.3. The molecule has 2 aromatic rings. The number of amidine groups is 2. The molecule has 4 rings (SSSR count). The van der Waals surface area contributed by atoms with Crippen molar-refractivity contribution in [3.05, 3.63) is 56.8 Å². The van der Waals surface area contributed by atoms with Crippen LogP contribution >= 0.6 is 35.0 Å². The van der Waals surface area contributed by atoms with Gasteiger partial charge in [0.2, 0.25) is 19.4 Å². The summed E-state index contributed by atoms with van der Waals surface area (Å²) in [6.07, 6.45) is 2.56. The van der Waals surface area contributed by atoms with Gasteiger partial charge in [0.05, 0.1) is 16.3 Å². The number of rotatable bonds is 2. The largest absolute Gasteiger partial charge is 0.316 e. The van der Waals surface area contributed by atoms with Gasteiger partial charge in [0.1, 0.15) is 0 Å². The second-order valence-electron chi connectivity index (χ2n) is 6.92. The third-order valence-corrected chi connectivity index (χ3v) is 7.79. The molecule has 0 radical (unpaired) electrons. The quantitative estimate of drug-likeness (QED) is 0.632. The van der Waals surface area contributed by atoms with Gasteiger partial charge in [0.25, 0.3) is 5.91 Å². The Kier molecular flexibility index (Phi) is 5.37. The topological polar surface area (TPSA) is 108 Å². The van der Waals surface area contributed by atoms with Crippen LogP contribution in [0.3, 0.4) is 0 Å². The average molecular weight is 496 g/mol. The van der Waals surface area contributed by atoms with Crippen molar-refractivity contribution in [3.8, 4) is 5.69 Å². The molecule has 0 atom stereocenters. The van der Waals surface area contributed by atoms with Crippen LogP contribution in [0.15, 0.2) is 39.9 Å². The number of carbonyl (C=O) groups is 1. The van der Waals surface area contributed by atoms with Crippen molar-refractivity contribution < 1.29 is 13.2 Å². The molecule has 0 unspecified atom stereocenters. The third-order valence-electron chi connectivity index (χ3n) is 4.67. The molecule has 1 N–H and O–H groups in total. The highest BCUT2D eigenvalue weighted by molar-refractivity contribution is 8.42. The molecule has 1 aromatic carbocycles. The molecule has 0 aliphatic carbocycles. The predicted octanol–water partition coefficient (Wildman–Crippen LogP) is 4.02. The van der Waals surface area contributed by atoms with E-state index in [1.165, 1.54) is 0 Å². The molecule has 160 valence electrons. The zero-order chi connectivity index (χ0) is 22.7. The summed E-state index contributed by atoms with van der Waals surface area (Å²) in [5, 5.41) is 14.4. The summed E-state index contributed by atoms with van der Waals surface area (Å²) in [6.45, 7) is 3.76. The van der Waals surface area contributed by atoms with Gasteiger partial charge in [-0.15, -0.1) is 5.10 Å². The number of nitrogens with one attached hydrogen (secondary N) is 1. The fourth-order valence-corrected chi connectivity index (χ4v) is 5.42. The van der Waals surface area contributed by atoms with E-state index in [9.17, 15) is 13.2 Å². The van der Waals surface area contributed by atoms with Gasteiger partial charge < -0.3 is 4.57 Å². The zero-order valence-corrected chi connectivity index (χ0v) is 19.6. The molecule has 0 saturated carbocycles. The van der Waals surface area contributed by atoms with E-state index in [-0.39, 0.29) is 21.0 Å². The molecular formula is C19H15Cl2N5O3S2. The van der Waals surface area contributed by atoms with E-state index >= 15 is 0 Å². The van der Waals surface area contributed by atoms with E-state index in [4.69, 9.17) is 28.6 Å². The standard InChI is InChI=1S/C19H15Cl2N5O3S2/c1-9-6-11(10(2)25(9)15-5-4-12(20)8-14(15)21)7-13-16(22)26-18(23-17(13)27)30-19(24-26)31(3,28)29/h4-8,22H,1-3H3/b13-7-,22-16?. The number of nitrogens with zero attached hydrogens (tertiary/aromatic N) is 4. The number of hydrogen-bond donors (Lipinski definition) is 1. The van der Waals surface area contributed by atoms with Crippen LogP contribution in [0.5, 0.6) is 0 Å². The molecule has 1 amide bonds. The van der Waals surface area contributed by atoms with Crippen LogP contribution in [0.4, 0.5) is 0 Å². The van der Waals surface area contributed by atoms with E-state index in [2.05, 4.69) is 10.1 Å². The number of thioether (sulfide) groups is 1. The third kappa shape index (κ3) is 3.84. The van der Waals surface area contributed by atoms with Crippen molar-refractivity contribution >= 4 is 72.2 Å². The van der Waals surface area contributed by atoms with Gasteiger partial charge in [-0.05, 0) is 61.5 Å². The van der Waals surface area contributed by atoms with Crippen LogP contribution in [0.1, 0.15) is 17.0 Å². The Bertz CT molecular complexity index is 1370. The molecule has 12 heteroatoms. The molecule has 2 aliphatic rings. The number of aryl methyl sites for hydroxylation is 1. The van der Waals surface area contributed by atoms with Crippen molar-refractivity contribution in [2.45, 2.75) is 13.8 Å². The smallest absolute Gasteiger partial charge is 0.283 e. The fraction of sp³-hybridized carbons (Fsp3) is 0.158. The Balaban J connectivity index is 1.77. The fourth-order valence-electron chi connectivity index (χ4n) is 3.25. The van der Waals surface area contributed by atoms with Crippen molar-refractivity contribution in [2.24, 2.45) is 10.1 Å². The minimum atomic E-state index is -3.59. The number of amides is 1. The van der Waals surface area contributed by atoms with Crippen LogP contribution in [-0.2, 0) is 14.6 Å². The number of hydrazone groups is 1. The highest BCUT2D eigenvalue weighted by atomic mass is 35.5. The number of halogens is 2. The molecule has 0 fully saturated rings. The van der Waals surface area contributed by atoms with Crippen LogP contribution in [0.2, 0.25) is 10.0 Å². The van der Waals surface area contributed by atoms with Gasteiger partial charge in [-0.2, -0.15) is 10.0 Å². The van der Waals surface area contributed by atoms with Gasteiger partial charge in [-0.3, -0.25) is 10.2 Å². The maximum Gasteiger partial charge on any atom is 0.283 e. The van der Waals surface area contributed by atoms with E-state index in [0.29, 0.717) is 15.6 Å². The molecule has 3 heterocycles. The number of aliphatic imine (C=N–C) groups is 1. The predicted molar refractivity (Wildman–Crippen MR) is 125 cm³/mol. The summed E-state index contributed by atoms with van der Waals surface area (Å²) in [7, 11) is -3.59. The number of hydrogen-bond acceptors (Lipinski definition) is 6. The first-order chi connectivity index (χ1) is 14.5. The normalized spacial score (nSPS) is 17.8. The highest BCUT2D eigenvalue weighted by Crippen LogP contribution is 2.32. The van der Waals surface area contributed by atoms with Gasteiger partial charge >= 0.3 is 0 Å². The number of fused-ring (bicyclic) bond motifs is 1. The number of carbonyl (C=O) groups excluding carboxylic acids is 1. The summed E-state index contributed by atoms with van der Waals surface area (Å²) in [5.41, 5.74) is 3.08. The molecule has 8 nitrogen and oxygen atoms in total. The van der Waals surface area contributed by atoms with Crippen molar-refractivity contribution in [1.29, 1.82) is 5.41 Å². The summed E-state index contributed by atoms with van der Waals surface area (Å²) in [6, 6.07) is 7.04.